The van der Waals surface area contributed by atoms with Gasteiger partial charge in [-0.15, -0.1) is 6.58 Å². The summed E-state index contributed by atoms with van der Waals surface area (Å²) in [5.41, 5.74) is 4.47. The number of aromatic nitrogens is 1. The van der Waals surface area contributed by atoms with Gasteiger partial charge in [0.15, 0.2) is 0 Å². The fraction of sp³-hybridized carbons (Fsp3) is 0.469. The van der Waals surface area contributed by atoms with E-state index < -0.39 is 33.4 Å². The van der Waals surface area contributed by atoms with Crippen LogP contribution in [0.2, 0.25) is 0 Å². The Morgan fingerprint density at radius 3 is 2.41 bits per heavy atom. The van der Waals surface area contributed by atoms with Gasteiger partial charge in [0.25, 0.3) is 0 Å². The first-order chi connectivity index (χ1) is 29.2. The van der Waals surface area contributed by atoms with Gasteiger partial charge in [0.1, 0.15) is 27.7 Å². The average Bonchev–Trinajstić information content (AvgIpc) is 3.24. The van der Waals surface area contributed by atoms with E-state index in [4.69, 9.17) is 24.2 Å². The van der Waals surface area contributed by atoms with Crippen LogP contribution in [-0.2, 0) is 19.6 Å². The number of sulfonamides is 1. The smallest absolute Gasteiger partial charge is 0.245 e. The van der Waals surface area contributed by atoms with E-state index in [1.54, 1.807) is 37.5 Å². The molecule has 0 amide bonds. The second kappa shape index (κ2) is 18.4. The topological polar surface area (TPSA) is 140 Å². The molecule has 12 heteroatoms. The number of aliphatic hydroxyl groups excluding tert-OH is 2. The SMILES string of the molecule is C=CCO[C@@]12Oc3ccc(Oc4ccc(C)c(C)c4)cc3[C@H]3[C@H](CCCCO)[C@@H](CCCCO)C=C(C(=NOC(C)(C)C)C[C@@H]1N(C)S(=O)(=O)c1cccc4cccnc14)[C@H]32. The molecule has 0 spiro atoms. The van der Waals surface area contributed by atoms with Crippen LogP contribution in [0.4, 0.5) is 0 Å². The molecule has 2 aliphatic carbocycles. The van der Waals surface area contributed by atoms with Crippen molar-refractivity contribution in [3.8, 4) is 17.2 Å². The third-order valence-corrected chi connectivity index (χ3v) is 14.4. The molecule has 1 aliphatic heterocycles. The summed E-state index contributed by atoms with van der Waals surface area (Å²) in [5.74, 6) is -0.384. The number of ether oxygens (including phenoxy) is 3. The zero-order chi connectivity index (χ0) is 43.5. The lowest BCUT2D eigenvalue weighted by molar-refractivity contribution is -0.250. The van der Waals surface area contributed by atoms with Gasteiger partial charge in [-0.25, -0.2) is 8.42 Å². The molecule has 1 fully saturated rings. The molecule has 61 heavy (non-hydrogen) atoms. The predicted molar refractivity (Wildman–Crippen MR) is 238 cm³/mol. The Bertz CT molecular complexity index is 2390. The van der Waals surface area contributed by atoms with Crippen LogP contribution >= 0.6 is 0 Å². The summed E-state index contributed by atoms with van der Waals surface area (Å²) in [6.45, 7) is 14.2. The highest BCUT2D eigenvalue weighted by molar-refractivity contribution is 7.89. The number of hydrogen-bond acceptors (Lipinski definition) is 10. The number of rotatable bonds is 17. The lowest BCUT2D eigenvalue weighted by Crippen LogP contribution is -2.69. The number of allylic oxidation sites excluding steroid dienone is 1. The van der Waals surface area contributed by atoms with Gasteiger partial charge in [0.05, 0.1) is 29.8 Å². The van der Waals surface area contributed by atoms with E-state index in [1.807, 2.05) is 63.2 Å². The van der Waals surface area contributed by atoms with Gasteiger partial charge < -0.3 is 29.3 Å². The van der Waals surface area contributed by atoms with Crippen molar-refractivity contribution in [1.29, 1.82) is 0 Å². The summed E-state index contributed by atoms with van der Waals surface area (Å²) < 4.78 is 52.6. The molecule has 7 rings (SSSR count). The Morgan fingerprint density at radius 1 is 0.967 bits per heavy atom. The summed E-state index contributed by atoms with van der Waals surface area (Å²) in [6.07, 6.45) is 10.2. The maximum absolute atomic E-state index is 15.2. The molecule has 3 aliphatic rings. The molecule has 6 atom stereocenters. The standard InChI is InChI=1S/C49H61N3O8S/c1-8-27-57-49-44(52(7)61(55,56)43-19-13-16-34-17-14-24-50-47(34)43)31-41(51-60-48(4,5)6)39-29-35(15-9-11-25-53)38(18-10-12-26-54)45(46(39)49)40-30-37(22-23-42(40)59-49)58-36-21-20-32(2)33(3)28-36/h8,13-14,16-17,19-24,28-30,35,38,44-46,53-54H,1,9-12,15,18,25-27,31H2,2-7H3/t35-,38+,44-,45+,46+,49+/m0/s1. The van der Waals surface area contributed by atoms with Crippen molar-refractivity contribution in [2.75, 3.05) is 26.9 Å². The van der Waals surface area contributed by atoms with Crippen molar-refractivity contribution in [1.82, 2.24) is 9.29 Å². The molecule has 1 aromatic heterocycles. The second-order valence-corrected chi connectivity index (χ2v) is 19.6. The molecule has 2 N–H and O–H groups in total. The van der Waals surface area contributed by atoms with Crippen LogP contribution in [0.3, 0.4) is 0 Å². The molecule has 2 heterocycles. The number of benzene rings is 3. The molecule has 4 aromatic rings. The molecule has 0 bridgehead atoms. The third kappa shape index (κ3) is 9.02. The molecule has 11 nitrogen and oxygen atoms in total. The van der Waals surface area contributed by atoms with E-state index >= 15 is 8.42 Å². The van der Waals surface area contributed by atoms with Crippen LogP contribution < -0.4 is 9.47 Å². The van der Waals surface area contributed by atoms with Gasteiger partial charge >= 0.3 is 0 Å². The van der Waals surface area contributed by atoms with E-state index in [0.29, 0.717) is 41.0 Å². The van der Waals surface area contributed by atoms with Gasteiger partial charge in [-0.1, -0.05) is 54.4 Å². The van der Waals surface area contributed by atoms with Crippen LogP contribution in [0.25, 0.3) is 10.9 Å². The Morgan fingerprint density at radius 2 is 1.69 bits per heavy atom. The quantitative estimate of drug-likeness (QED) is 0.0604. The van der Waals surface area contributed by atoms with E-state index in [2.05, 4.69) is 37.6 Å². The van der Waals surface area contributed by atoms with Crippen LogP contribution in [0.5, 0.6) is 17.2 Å². The van der Waals surface area contributed by atoms with Crippen LogP contribution in [0.15, 0.2) is 107 Å². The molecule has 326 valence electrons. The Kier molecular flexibility index (Phi) is 13.4. The van der Waals surface area contributed by atoms with Crippen LogP contribution in [-0.4, -0.2) is 77.9 Å². The molecule has 0 unspecified atom stereocenters. The highest BCUT2D eigenvalue weighted by Crippen LogP contribution is 2.62. The number of pyridine rings is 1. The first-order valence-electron chi connectivity index (χ1n) is 21.6. The first kappa shape index (κ1) is 44.5. The van der Waals surface area contributed by atoms with Crippen LogP contribution in [0.1, 0.15) is 88.3 Å². The zero-order valence-electron chi connectivity index (χ0n) is 36.3. The van der Waals surface area contributed by atoms with Crippen molar-refractivity contribution in [2.24, 2.45) is 22.9 Å². The highest BCUT2D eigenvalue weighted by Gasteiger charge is 2.66. The van der Waals surface area contributed by atoms with Gasteiger partial charge in [-0.3, -0.25) is 4.98 Å². The van der Waals surface area contributed by atoms with Crippen molar-refractivity contribution in [2.45, 2.75) is 108 Å². The lowest BCUT2D eigenvalue weighted by atomic mass is 9.55. The highest BCUT2D eigenvalue weighted by atomic mass is 32.2. The van der Waals surface area contributed by atoms with Gasteiger partial charge in [-0.05, 0) is 131 Å². The number of hydrogen-bond donors (Lipinski definition) is 2. The number of fused-ring (bicyclic) bond motifs is 3. The van der Waals surface area contributed by atoms with Gasteiger partial charge in [-0.2, -0.15) is 4.31 Å². The zero-order valence-corrected chi connectivity index (χ0v) is 37.2. The number of aliphatic hydroxyl groups is 2. The van der Waals surface area contributed by atoms with E-state index in [1.165, 1.54) is 9.87 Å². The monoisotopic (exact) mass is 851 g/mol. The van der Waals surface area contributed by atoms with Gasteiger partial charge in [0.2, 0.25) is 15.8 Å². The van der Waals surface area contributed by atoms with Crippen molar-refractivity contribution >= 4 is 26.6 Å². The maximum Gasteiger partial charge on any atom is 0.245 e. The predicted octanol–water partition coefficient (Wildman–Crippen LogP) is 9.40. The fourth-order valence-corrected chi connectivity index (χ4v) is 11.0. The molecule has 3 aromatic carbocycles. The Labute approximate surface area is 361 Å². The number of oxime groups is 1. The van der Waals surface area contributed by atoms with E-state index in [9.17, 15) is 10.2 Å². The molecule has 1 saturated carbocycles. The van der Waals surface area contributed by atoms with Crippen molar-refractivity contribution in [3.05, 3.63) is 114 Å². The molecular formula is C49H61N3O8S. The molecule has 0 radical (unpaired) electrons. The second-order valence-electron chi connectivity index (χ2n) is 17.7. The number of likely N-dealkylation sites (N-methyl/N-ethyl adjacent to an activating group) is 1. The third-order valence-electron chi connectivity index (χ3n) is 12.5. The number of para-hydroxylation sites is 1. The molecule has 0 saturated heterocycles. The summed E-state index contributed by atoms with van der Waals surface area (Å²) in [6, 6.07) is 19.8. The van der Waals surface area contributed by atoms with E-state index in [0.717, 1.165) is 48.1 Å². The Balaban J connectivity index is 1.47. The minimum atomic E-state index is -4.25. The minimum absolute atomic E-state index is 0.0120. The average molecular weight is 852 g/mol. The summed E-state index contributed by atoms with van der Waals surface area (Å²) in [4.78, 5) is 10.8. The normalized spacial score (nSPS) is 24.2. The fourth-order valence-electron chi connectivity index (χ4n) is 9.48. The molecular weight excluding hydrogens is 791 g/mol. The maximum atomic E-state index is 15.2. The van der Waals surface area contributed by atoms with Crippen molar-refractivity contribution < 1.29 is 37.7 Å². The number of unbranched alkanes of at least 4 members (excludes halogenated alkanes) is 2. The summed E-state index contributed by atoms with van der Waals surface area (Å²) >= 11 is 0. The first-order valence-corrected chi connectivity index (χ1v) is 23.0. The summed E-state index contributed by atoms with van der Waals surface area (Å²) in [7, 11) is -2.66. The Hall–Kier alpha value is -4.59. The summed E-state index contributed by atoms with van der Waals surface area (Å²) in [5, 5.41) is 25.5. The van der Waals surface area contributed by atoms with E-state index in [-0.39, 0.29) is 48.9 Å². The lowest BCUT2D eigenvalue weighted by Gasteiger charge is -2.59. The van der Waals surface area contributed by atoms with Gasteiger partial charge in [0, 0.05) is 49.7 Å². The van der Waals surface area contributed by atoms with Crippen LogP contribution in [0, 0.1) is 31.6 Å². The number of aryl methyl sites for hydroxylation is 2. The van der Waals surface area contributed by atoms with Crippen molar-refractivity contribution in [3.63, 3.8) is 0 Å². The minimum Gasteiger partial charge on any atom is -0.460 e. The number of nitrogens with zero attached hydrogens (tertiary/aromatic N) is 3. The largest absolute Gasteiger partial charge is 0.460 e.